The normalized spacial score (nSPS) is 17.5. The highest BCUT2D eigenvalue weighted by atomic mass is 16.5. The molecule has 0 bridgehead atoms. The Hall–Kier alpha value is -1.81. The van der Waals surface area contributed by atoms with Crippen molar-refractivity contribution >= 4 is 0 Å². The first-order valence-corrected chi connectivity index (χ1v) is 7.72. The van der Waals surface area contributed by atoms with Crippen LogP contribution >= 0.6 is 0 Å². The van der Waals surface area contributed by atoms with Gasteiger partial charge in [-0.15, -0.1) is 0 Å². The van der Waals surface area contributed by atoms with Crippen LogP contribution in [0.5, 0.6) is 5.75 Å². The molecular weight excluding hydrogens is 262 g/mol. The largest absolute Gasteiger partial charge is 0.497 e. The summed E-state index contributed by atoms with van der Waals surface area (Å²) in [7, 11) is 1.72. The lowest BCUT2D eigenvalue weighted by Gasteiger charge is -2.27. The zero-order valence-corrected chi connectivity index (χ0v) is 12.8. The predicted octanol–water partition coefficient (Wildman–Crippen LogP) is 2.73. The van der Waals surface area contributed by atoms with E-state index in [1.165, 1.54) is 11.1 Å². The van der Waals surface area contributed by atoms with E-state index in [-0.39, 0.29) is 0 Å². The summed E-state index contributed by atoms with van der Waals surface area (Å²) in [4.78, 5) is 4.53. The van der Waals surface area contributed by atoms with Gasteiger partial charge in [0.1, 0.15) is 11.6 Å². The molecule has 0 amide bonds. The zero-order valence-electron chi connectivity index (χ0n) is 12.8. The molecule has 4 nitrogen and oxygen atoms in total. The van der Waals surface area contributed by atoms with Gasteiger partial charge in [0.15, 0.2) is 0 Å². The van der Waals surface area contributed by atoms with Gasteiger partial charge >= 0.3 is 0 Å². The van der Waals surface area contributed by atoms with Crippen molar-refractivity contribution in [2.45, 2.75) is 38.8 Å². The number of rotatable bonds is 5. The highest BCUT2D eigenvalue weighted by Crippen LogP contribution is 2.28. The topological polar surface area (TPSA) is 39.1 Å². The molecule has 2 heterocycles. The Bertz CT molecular complexity index is 606. The van der Waals surface area contributed by atoms with E-state index in [2.05, 4.69) is 46.2 Å². The van der Waals surface area contributed by atoms with E-state index in [1.807, 2.05) is 6.20 Å². The number of imidazole rings is 1. The van der Waals surface area contributed by atoms with Crippen LogP contribution in [0.1, 0.15) is 36.3 Å². The maximum Gasteiger partial charge on any atom is 0.119 e. The van der Waals surface area contributed by atoms with Crippen LogP contribution in [0.2, 0.25) is 0 Å². The number of ether oxygens (including phenoxy) is 1. The second kappa shape index (κ2) is 6.31. The van der Waals surface area contributed by atoms with Crippen molar-refractivity contribution in [1.82, 2.24) is 14.9 Å². The minimum absolute atomic E-state index is 0.345. The van der Waals surface area contributed by atoms with Crippen LogP contribution in [0.4, 0.5) is 0 Å². The number of aromatic nitrogens is 2. The molecule has 112 valence electrons. The molecule has 3 rings (SSSR count). The molecule has 0 radical (unpaired) electrons. The minimum atomic E-state index is 0.345. The second-order valence-electron chi connectivity index (χ2n) is 5.56. The Morgan fingerprint density at radius 1 is 1.43 bits per heavy atom. The number of aryl methyl sites for hydroxylation is 1. The number of nitrogens with zero attached hydrogens (tertiary/aromatic N) is 2. The lowest BCUT2D eigenvalue weighted by molar-refractivity contribution is 0.411. The van der Waals surface area contributed by atoms with Gasteiger partial charge in [0.25, 0.3) is 0 Å². The summed E-state index contributed by atoms with van der Waals surface area (Å²) in [5, 5.41) is 3.63. The molecule has 2 aromatic rings. The second-order valence-corrected chi connectivity index (χ2v) is 5.56. The molecule has 0 fully saturated rings. The predicted molar refractivity (Wildman–Crippen MR) is 83.7 cm³/mol. The lowest BCUT2D eigenvalue weighted by atomic mass is 9.92. The number of benzene rings is 1. The minimum Gasteiger partial charge on any atom is -0.497 e. The van der Waals surface area contributed by atoms with Crippen LogP contribution in [-0.2, 0) is 19.4 Å². The quantitative estimate of drug-likeness (QED) is 0.918. The fraction of sp³-hybridized carbons (Fsp3) is 0.471. The molecule has 1 aliphatic heterocycles. The van der Waals surface area contributed by atoms with E-state index >= 15 is 0 Å². The fourth-order valence-corrected chi connectivity index (χ4v) is 3.10. The van der Waals surface area contributed by atoms with Gasteiger partial charge in [0, 0.05) is 31.4 Å². The van der Waals surface area contributed by atoms with E-state index in [9.17, 15) is 0 Å². The van der Waals surface area contributed by atoms with Gasteiger partial charge in [-0.1, -0.05) is 13.0 Å². The van der Waals surface area contributed by atoms with E-state index in [4.69, 9.17) is 4.74 Å². The molecular formula is C17H23N3O. The van der Waals surface area contributed by atoms with Crippen molar-refractivity contribution in [3.63, 3.8) is 0 Å². The summed E-state index contributed by atoms with van der Waals surface area (Å²) in [5.74, 6) is 2.11. The third-order valence-electron chi connectivity index (χ3n) is 4.16. The molecule has 1 aliphatic rings. The number of fused-ring (bicyclic) bond motifs is 1. The van der Waals surface area contributed by atoms with Gasteiger partial charge in [0.2, 0.25) is 0 Å². The third-order valence-corrected chi connectivity index (χ3v) is 4.16. The summed E-state index contributed by atoms with van der Waals surface area (Å²) < 4.78 is 7.60. The first-order chi connectivity index (χ1) is 10.3. The van der Waals surface area contributed by atoms with Crippen LogP contribution in [0, 0.1) is 0 Å². The number of methoxy groups -OCH3 is 1. The summed E-state index contributed by atoms with van der Waals surface area (Å²) in [6, 6.07) is 6.76. The van der Waals surface area contributed by atoms with Gasteiger partial charge in [-0.25, -0.2) is 4.98 Å². The average molecular weight is 285 g/mol. The molecule has 1 atom stereocenters. The molecule has 0 spiro atoms. The lowest BCUT2D eigenvalue weighted by Crippen LogP contribution is -2.32. The van der Waals surface area contributed by atoms with Crippen molar-refractivity contribution < 1.29 is 4.74 Å². The molecule has 21 heavy (non-hydrogen) atoms. The van der Waals surface area contributed by atoms with Crippen molar-refractivity contribution in [2.24, 2.45) is 0 Å². The molecule has 0 saturated heterocycles. The maximum absolute atomic E-state index is 5.34. The van der Waals surface area contributed by atoms with E-state index in [1.54, 1.807) is 7.11 Å². The molecule has 1 aromatic carbocycles. The number of hydrogen-bond acceptors (Lipinski definition) is 3. The van der Waals surface area contributed by atoms with Crippen molar-refractivity contribution in [3.8, 4) is 5.75 Å². The van der Waals surface area contributed by atoms with Gasteiger partial charge < -0.3 is 14.6 Å². The Kier molecular flexibility index (Phi) is 4.25. The summed E-state index contributed by atoms with van der Waals surface area (Å²) in [6.07, 6.45) is 7.12. The van der Waals surface area contributed by atoms with Crippen LogP contribution in [0.25, 0.3) is 0 Å². The summed E-state index contributed by atoms with van der Waals surface area (Å²) in [5.41, 5.74) is 2.78. The highest BCUT2D eigenvalue weighted by Gasteiger charge is 2.21. The van der Waals surface area contributed by atoms with Crippen LogP contribution in [-0.4, -0.2) is 23.2 Å². The molecule has 1 N–H and O–H groups in total. The SMILES string of the molecule is CCCn1ccnc1CC1NCCc2cc(OC)ccc21. The van der Waals surface area contributed by atoms with E-state index in [0.29, 0.717) is 6.04 Å². The van der Waals surface area contributed by atoms with Crippen molar-refractivity contribution in [3.05, 3.63) is 47.5 Å². The first kappa shape index (κ1) is 14.1. The van der Waals surface area contributed by atoms with Crippen LogP contribution in [0.3, 0.4) is 0 Å². The molecule has 4 heteroatoms. The summed E-state index contributed by atoms with van der Waals surface area (Å²) in [6.45, 7) is 4.25. The number of hydrogen-bond donors (Lipinski definition) is 1. The molecule has 0 aliphatic carbocycles. The van der Waals surface area contributed by atoms with Gasteiger partial charge in [-0.3, -0.25) is 0 Å². The smallest absolute Gasteiger partial charge is 0.119 e. The monoisotopic (exact) mass is 285 g/mol. The number of nitrogens with one attached hydrogen (secondary N) is 1. The van der Waals surface area contributed by atoms with E-state index in [0.717, 1.165) is 43.9 Å². The van der Waals surface area contributed by atoms with Gasteiger partial charge in [0.05, 0.1) is 7.11 Å². The summed E-state index contributed by atoms with van der Waals surface area (Å²) >= 11 is 0. The van der Waals surface area contributed by atoms with Gasteiger partial charge in [-0.2, -0.15) is 0 Å². The molecule has 0 saturated carbocycles. The van der Waals surface area contributed by atoms with Crippen LogP contribution < -0.4 is 10.1 Å². The Labute approximate surface area is 126 Å². The standard InChI is InChI=1S/C17H23N3O/c1-3-9-20-10-8-19-17(20)12-16-15-5-4-14(21-2)11-13(15)6-7-18-16/h4-5,8,10-11,16,18H,3,6-7,9,12H2,1-2H3. The van der Waals surface area contributed by atoms with E-state index < -0.39 is 0 Å². The zero-order chi connectivity index (χ0) is 14.7. The van der Waals surface area contributed by atoms with Crippen molar-refractivity contribution in [1.29, 1.82) is 0 Å². The maximum atomic E-state index is 5.34. The Morgan fingerprint density at radius 2 is 2.33 bits per heavy atom. The first-order valence-electron chi connectivity index (χ1n) is 7.72. The van der Waals surface area contributed by atoms with Gasteiger partial charge in [-0.05, 0) is 42.6 Å². The third kappa shape index (κ3) is 2.95. The van der Waals surface area contributed by atoms with Crippen LogP contribution in [0.15, 0.2) is 30.6 Å². The molecule has 1 aromatic heterocycles. The highest BCUT2D eigenvalue weighted by molar-refractivity contribution is 5.39. The van der Waals surface area contributed by atoms with Crippen molar-refractivity contribution in [2.75, 3.05) is 13.7 Å². The Morgan fingerprint density at radius 3 is 3.14 bits per heavy atom. The Balaban J connectivity index is 1.83. The fourth-order valence-electron chi connectivity index (χ4n) is 3.10. The molecule has 1 unspecified atom stereocenters. The average Bonchev–Trinajstić information content (AvgIpc) is 2.94.